The number of aryl methyl sites for hydroxylation is 3. The second kappa shape index (κ2) is 5.79. The molecule has 0 saturated heterocycles. The monoisotopic (exact) mass is 345 g/mol. The predicted octanol–water partition coefficient (Wildman–Crippen LogP) is 3.51. The average molecular weight is 346 g/mol. The number of aromatic nitrogens is 2. The van der Waals surface area contributed by atoms with Gasteiger partial charge < -0.3 is 0 Å². The highest BCUT2D eigenvalue weighted by Gasteiger charge is 2.21. The Bertz CT molecular complexity index is 807. The molecule has 1 N–H and O–H groups in total. The summed E-state index contributed by atoms with van der Waals surface area (Å²) in [7, 11) is -3.85. The summed E-state index contributed by atoms with van der Waals surface area (Å²) in [6.07, 6.45) is 1.55. The van der Waals surface area contributed by atoms with Gasteiger partial charge in [0.15, 0.2) is 0 Å². The first kappa shape index (κ1) is 16.0. The van der Waals surface area contributed by atoms with Gasteiger partial charge >= 0.3 is 0 Å². The Kier molecular flexibility index (Phi) is 4.41. The van der Waals surface area contributed by atoms with Crippen LogP contribution >= 0.6 is 23.2 Å². The molecule has 0 aliphatic rings. The molecule has 1 aromatic carbocycles. The molecular weight excluding hydrogens is 333 g/mol. The number of hydrogen-bond acceptors (Lipinski definition) is 4. The molecule has 1 aromatic heterocycles. The SMILES string of the molecule is Cc1ncc(C)c(NS(=O)(=O)c2cc(C)c(Cl)cc2Cl)n1. The lowest BCUT2D eigenvalue weighted by atomic mass is 10.2. The summed E-state index contributed by atoms with van der Waals surface area (Å²) in [6.45, 7) is 5.10. The van der Waals surface area contributed by atoms with Gasteiger partial charge in [-0.25, -0.2) is 18.4 Å². The number of sulfonamides is 1. The summed E-state index contributed by atoms with van der Waals surface area (Å²) in [5.41, 5.74) is 1.24. The minimum absolute atomic E-state index is 0.0401. The van der Waals surface area contributed by atoms with Crippen LogP contribution in [0, 0.1) is 20.8 Å². The van der Waals surface area contributed by atoms with Gasteiger partial charge in [-0.1, -0.05) is 23.2 Å². The lowest BCUT2D eigenvalue weighted by Gasteiger charge is -2.12. The largest absolute Gasteiger partial charge is 0.264 e. The zero-order valence-corrected chi connectivity index (χ0v) is 13.9. The first-order valence-electron chi connectivity index (χ1n) is 5.99. The highest BCUT2D eigenvalue weighted by molar-refractivity contribution is 7.92. The second-order valence-corrected chi connectivity index (χ2v) is 7.05. The number of nitrogens with zero attached hydrogens (tertiary/aromatic N) is 2. The van der Waals surface area contributed by atoms with Crippen LogP contribution in [0.25, 0.3) is 0 Å². The molecule has 0 saturated carbocycles. The molecule has 2 rings (SSSR count). The molecule has 0 aliphatic heterocycles. The summed E-state index contributed by atoms with van der Waals surface area (Å²) in [6, 6.07) is 2.83. The fourth-order valence-corrected chi connectivity index (χ4v) is 3.56. The Morgan fingerprint density at radius 3 is 2.38 bits per heavy atom. The summed E-state index contributed by atoms with van der Waals surface area (Å²) < 4.78 is 27.3. The van der Waals surface area contributed by atoms with Gasteiger partial charge in [0.1, 0.15) is 16.5 Å². The number of halogens is 2. The van der Waals surface area contributed by atoms with Crippen molar-refractivity contribution in [1.29, 1.82) is 0 Å². The quantitative estimate of drug-likeness (QED) is 0.923. The highest BCUT2D eigenvalue weighted by atomic mass is 35.5. The van der Waals surface area contributed by atoms with Gasteiger partial charge in [0, 0.05) is 16.8 Å². The third-order valence-corrected chi connectivity index (χ3v) is 5.04. The maximum Gasteiger partial charge on any atom is 0.264 e. The lowest BCUT2D eigenvalue weighted by molar-refractivity contribution is 0.601. The van der Waals surface area contributed by atoms with Crippen LogP contribution in [0.4, 0.5) is 5.82 Å². The van der Waals surface area contributed by atoms with E-state index in [2.05, 4.69) is 14.7 Å². The molecule has 21 heavy (non-hydrogen) atoms. The van der Waals surface area contributed by atoms with Crippen LogP contribution in [0.5, 0.6) is 0 Å². The van der Waals surface area contributed by atoms with E-state index in [9.17, 15) is 8.42 Å². The van der Waals surface area contributed by atoms with Gasteiger partial charge in [-0.3, -0.25) is 4.72 Å². The summed E-state index contributed by atoms with van der Waals surface area (Å²) in [5.74, 6) is 0.697. The van der Waals surface area contributed by atoms with Crippen molar-refractivity contribution >= 4 is 39.0 Å². The van der Waals surface area contributed by atoms with E-state index in [1.165, 1.54) is 12.1 Å². The van der Waals surface area contributed by atoms with Crippen molar-refractivity contribution in [3.8, 4) is 0 Å². The van der Waals surface area contributed by atoms with E-state index in [1.807, 2.05) is 0 Å². The zero-order chi connectivity index (χ0) is 15.8. The minimum Gasteiger partial charge on any atom is -0.263 e. The van der Waals surface area contributed by atoms with E-state index in [-0.39, 0.29) is 15.7 Å². The maximum atomic E-state index is 12.5. The standard InChI is InChI=1S/C13H13Cl2N3O2S/c1-7-4-12(11(15)5-10(7)14)21(19,20)18-13-8(2)6-16-9(3)17-13/h4-6H,1-3H3,(H,16,17,18). The number of rotatable bonds is 3. The topological polar surface area (TPSA) is 72.0 Å². The number of anilines is 1. The van der Waals surface area contributed by atoms with E-state index < -0.39 is 10.0 Å². The van der Waals surface area contributed by atoms with Crippen LogP contribution in [-0.2, 0) is 10.0 Å². The molecule has 0 atom stereocenters. The molecule has 0 radical (unpaired) electrons. The molecule has 0 spiro atoms. The summed E-state index contributed by atoms with van der Waals surface area (Å²) in [4.78, 5) is 8.04. The molecule has 0 bridgehead atoms. The molecule has 0 aliphatic carbocycles. The number of benzene rings is 1. The van der Waals surface area contributed by atoms with Crippen molar-refractivity contribution in [1.82, 2.24) is 9.97 Å². The van der Waals surface area contributed by atoms with Crippen molar-refractivity contribution in [2.45, 2.75) is 25.7 Å². The minimum atomic E-state index is -3.85. The summed E-state index contributed by atoms with van der Waals surface area (Å²) >= 11 is 11.9. The average Bonchev–Trinajstić information content (AvgIpc) is 2.37. The molecule has 5 nitrogen and oxygen atoms in total. The zero-order valence-electron chi connectivity index (χ0n) is 11.6. The van der Waals surface area contributed by atoms with Gasteiger partial charge in [0.05, 0.1) is 5.02 Å². The van der Waals surface area contributed by atoms with Gasteiger partial charge in [-0.15, -0.1) is 0 Å². The normalized spacial score (nSPS) is 11.5. The smallest absolute Gasteiger partial charge is 0.263 e. The van der Waals surface area contributed by atoms with Crippen LogP contribution in [0.15, 0.2) is 23.2 Å². The molecule has 1 heterocycles. The van der Waals surface area contributed by atoms with Crippen molar-refractivity contribution in [2.24, 2.45) is 0 Å². The van der Waals surface area contributed by atoms with E-state index in [0.717, 1.165) is 0 Å². The van der Waals surface area contributed by atoms with Crippen LogP contribution in [0.1, 0.15) is 17.0 Å². The highest BCUT2D eigenvalue weighted by Crippen LogP contribution is 2.29. The van der Waals surface area contributed by atoms with E-state index >= 15 is 0 Å². The fourth-order valence-electron chi connectivity index (χ4n) is 1.65. The third kappa shape index (κ3) is 3.45. The second-order valence-electron chi connectivity index (χ2n) is 4.59. The molecule has 0 amide bonds. The van der Waals surface area contributed by atoms with Gasteiger partial charge in [0.2, 0.25) is 0 Å². The maximum absolute atomic E-state index is 12.5. The van der Waals surface area contributed by atoms with Gasteiger partial charge in [0.25, 0.3) is 10.0 Å². The van der Waals surface area contributed by atoms with Crippen LogP contribution in [0.2, 0.25) is 10.0 Å². The summed E-state index contributed by atoms with van der Waals surface area (Å²) in [5, 5.41) is 0.467. The Labute approximate surface area is 133 Å². The lowest BCUT2D eigenvalue weighted by Crippen LogP contribution is -2.16. The first-order chi connectivity index (χ1) is 9.70. The van der Waals surface area contributed by atoms with Crippen molar-refractivity contribution in [3.63, 3.8) is 0 Å². The molecule has 0 unspecified atom stereocenters. The Morgan fingerprint density at radius 1 is 1.05 bits per heavy atom. The van der Waals surface area contributed by atoms with Crippen LogP contribution in [0.3, 0.4) is 0 Å². The number of nitrogens with one attached hydrogen (secondary N) is 1. The van der Waals surface area contributed by atoms with Crippen molar-refractivity contribution < 1.29 is 8.42 Å². The van der Waals surface area contributed by atoms with Crippen molar-refractivity contribution in [3.05, 3.63) is 45.3 Å². The molecule has 112 valence electrons. The predicted molar refractivity (Wildman–Crippen MR) is 83.5 cm³/mol. The molecular formula is C13H13Cl2N3O2S. The molecule has 2 aromatic rings. The van der Waals surface area contributed by atoms with E-state index in [1.54, 1.807) is 27.0 Å². The Hall–Kier alpha value is -1.37. The molecule has 0 fully saturated rings. The Morgan fingerprint density at radius 2 is 1.71 bits per heavy atom. The van der Waals surface area contributed by atoms with E-state index in [0.29, 0.717) is 22.0 Å². The third-order valence-electron chi connectivity index (χ3n) is 2.83. The number of hydrogen-bond donors (Lipinski definition) is 1. The molecule has 8 heteroatoms. The van der Waals surface area contributed by atoms with Gasteiger partial charge in [-0.05, 0) is 38.5 Å². The Balaban J connectivity index is 2.48. The van der Waals surface area contributed by atoms with Crippen molar-refractivity contribution in [2.75, 3.05) is 4.72 Å². The van der Waals surface area contributed by atoms with Gasteiger partial charge in [-0.2, -0.15) is 0 Å². The first-order valence-corrected chi connectivity index (χ1v) is 8.23. The van der Waals surface area contributed by atoms with E-state index in [4.69, 9.17) is 23.2 Å². The fraction of sp³-hybridized carbons (Fsp3) is 0.231. The van der Waals surface area contributed by atoms with Crippen LogP contribution < -0.4 is 4.72 Å². The van der Waals surface area contributed by atoms with Crippen LogP contribution in [-0.4, -0.2) is 18.4 Å².